The summed E-state index contributed by atoms with van der Waals surface area (Å²) in [7, 11) is 0. The molecule has 4 N–H and O–H groups in total. The standard InChI is InChI=1S/C9H18N4O/c1-5(2)13-9(11-7(4)14)8(10)6(3)12-13/h5,7,11,14H,10H2,1-4H3. The zero-order chi connectivity index (χ0) is 10.9. The maximum atomic E-state index is 9.24. The minimum atomic E-state index is -0.633. The summed E-state index contributed by atoms with van der Waals surface area (Å²) < 4.78 is 1.78. The zero-order valence-electron chi connectivity index (χ0n) is 9.07. The van der Waals surface area contributed by atoms with Gasteiger partial charge in [-0.1, -0.05) is 0 Å². The first kappa shape index (κ1) is 10.8. The van der Waals surface area contributed by atoms with E-state index in [1.54, 1.807) is 11.6 Å². The number of hydrogen-bond acceptors (Lipinski definition) is 4. The van der Waals surface area contributed by atoms with Gasteiger partial charge in [-0.3, -0.25) is 0 Å². The van der Waals surface area contributed by atoms with Crippen molar-refractivity contribution in [3.8, 4) is 0 Å². The lowest BCUT2D eigenvalue weighted by Crippen LogP contribution is -2.18. The fourth-order valence-corrected chi connectivity index (χ4v) is 1.28. The molecule has 1 rings (SSSR count). The summed E-state index contributed by atoms with van der Waals surface area (Å²) in [6.45, 7) is 7.52. The average Bonchev–Trinajstić information content (AvgIpc) is 2.32. The maximum Gasteiger partial charge on any atom is 0.150 e. The average molecular weight is 198 g/mol. The summed E-state index contributed by atoms with van der Waals surface area (Å²) in [4.78, 5) is 0. The van der Waals surface area contributed by atoms with Gasteiger partial charge in [0, 0.05) is 6.04 Å². The van der Waals surface area contributed by atoms with Crippen LogP contribution in [0.15, 0.2) is 0 Å². The predicted molar refractivity (Wildman–Crippen MR) is 57.1 cm³/mol. The number of aromatic nitrogens is 2. The molecule has 0 saturated carbocycles. The SMILES string of the molecule is Cc1nn(C(C)C)c(NC(C)O)c1N. The number of nitrogens with zero attached hydrogens (tertiary/aromatic N) is 2. The van der Waals surface area contributed by atoms with Crippen molar-refractivity contribution >= 4 is 11.5 Å². The molecular weight excluding hydrogens is 180 g/mol. The first-order chi connectivity index (χ1) is 6.43. The van der Waals surface area contributed by atoms with Crippen LogP contribution in [-0.2, 0) is 0 Å². The molecule has 0 bridgehead atoms. The number of hydrogen-bond donors (Lipinski definition) is 3. The molecule has 14 heavy (non-hydrogen) atoms. The normalized spacial score (nSPS) is 13.3. The number of nitrogens with one attached hydrogen (secondary N) is 1. The Morgan fingerprint density at radius 3 is 2.43 bits per heavy atom. The van der Waals surface area contributed by atoms with E-state index in [-0.39, 0.29) is 6.04 Å². The molecule has 0 saturated heterocycles. The van der Waals surface area contributed by atoms with Crippen LogP contribution in [0, 0.1) is 6.92 Å². The van der Waals surface area contributed by atoms with Crippen molar-refractivity contribution in [2.75, 3.05) is 11.1 Å². The monoisotopic (exact) mass is 198 g/mol. The van der Waals surface area contributed by atoms with Crippen molar-refractivity contribution in [3.05, 3.63) is 5.69 Å². The Bertz CT molecular complexity index is 317. The van der Waals surface area contributed by atoms with Crippen molar-refractivity contribution in [1.82, 2.24) is 9.78 Å². The van der Waals surface area contributed by atoms with E-state index < -0.39 is 6.23 Å². The van der Waals surface area contributed by atoms with Crippen molar-refractivity contribution < 1.29 is 5.11 Å². The Balaban J connectivity index is 3.10. The molecule has 0 aliphatic heterocycles. The first-order valence-electron chi connectivity index (χ1n) is 4.72. The van der Waals surface area contributed by atoms with Crippen LogP contribution in [0.2, 0.25) is 0 Å². The topological polar surface area (TPSA) is 76.1 Å². The third-order valence-corrected chi connectivity index (χ3v) is 1.97. The van der Waals surface area contributed by atoms with Crippen LogP contribution in [0.3, 0.4) is 0 Å². The van der Waals surface area contributed by atoms with Crippen molar-refractivity contribution in [2.24, 2.45) is 0 Å². The zero-order valence-corrected chi connectivity index (χ0v) is 9.07. The van der Waals surface area contributed by atoms with Crippen molar-refractivity contribution in [2.45, 2.75) is 40.0 Å². The van der Waals surface area contributed by atoms with Gasteiger partial charge in [-0.05, 0) is 27.7 Å². The van der Waals surface area contributed by atoms with Crippen LogP contribution in [0.5, 0.6) is 0 Å². The van der Waals surface area contributed by atoms with Gasteiger partial charge in [-0.25, -0.2) is 4.68 Å². The van der Waals surface area contributed by atoms with Crippen LogP contribution in [0.25, 0.3) is 0 Å². The molecule has 1 aromatic heterocycles. The number of aliphatic hydroxyl groups is 1. The summed E-state index contributed by atoms with van der Waals surface area (Å²) in [5.41, 5.74) is 7.21. The Kier molecular flexibility index (Phi) is 3.00. The fraction of sp³-hybridized carbons (Fsp3) is 0.667. The highest BCUT2D eigenvalue weighted by Gasteiger charge is 2.15. The second-order valence-corrected chi connectivity index (χ2v) is 3.71. The van der Waals surface area contributed by atoms with E-state index in [1.165, 1.54) is 0 Å². The molecule has 0 radical (unpaired) electrons. The molecule has 0 aromatic carbocycles. The van der Waals surface area contributed by atoms with Gasteiger partial charge < -0.3 is 16.2 Å². The Morgan fingerprint density at radius 1 is 1.43 bits per heavy atom. The van der Waals surface area contributed by atoms with Crippen LogP contribution < -0.4 is 11.1 Å². The number of aryl methyl sites for hydroxylation is 1. The number of aliphatic hydroxyl groups excluding tert-OH is 1. The van der Waals surface area contributed by atoms with Gasteiger partial charge in [0.05, 0.1) is 11.4 Å². The first-order valence-corrected chi connectivity index (χ1v) is 4.72. The van der Waals surface area contributed by atoms with Gasteiger partial charge in [-0.15, -0.1) is 0 Å². The largest absolute Gasteiger partial charge is 0.394 e. The lowest BCUT2D eigenvalue weighted by Gasteiger charge is -2.14. The highest BCUT2D eigenvalue weighted by Crippen LogP contribution is 2.25. The van der Waals surface area contributed by atoms with Gasteiger partial charge in [0.2, 0.25) is 0 Å². The molecule has 1 unspecified atom stereocenters. The number of nitrogens with two attached hydrogens (primary N) is 1. The minimum absolute atomic E-state index is 0.215. The molecule has 0 spiro atoms. The van der Waals surface area contributed by atoms with Gasteiger partial charge in [0.1, 0.15) is 12.0 Å². The van der Waals surface area contributed by atoms with Crippen molar-refractivity contribution in [1.29, 1.82) is 0 Å². The molecule has 0 aliphatic rings. The highest BCUT2D eigenvalue weighted by molar-refractivity contribution is 5.65. The van der Waals surface area contributed by atoms with E-state index in [9.17, 15) is 5.11 Å². The second kappa shape index (κ2) is 3.88. The third kappa shape index (κ3) is 1.98. The fourth-order valence-electron chi connectivity index (χ4n) is 1.28. The van der Waals surface area contributed by atoms with Crippen LogP contribution in [0.4, 0.5) is 11.5 Å². The molecule has 1 atom stereocenters. The van der Waals surface area contributed by atoms with E-state index >= 15 is 0 Å². The molecule has 5 heteroatoms. The number of rotatable bonds is 3. The quantitative estimate of drug-likeness (QED) is 0.636. The van der Waals surface area contributed by atoms with Crippen LogP contribution in [-0.4, -0.2) is 21.1 Å². The van der Waals surface area contributed by atoms with Crippen LogP contribution in [0.1, 0.15) is 32.5 Å². The van der Waals surface area contributed by atoms with Gasteiger partial charge >= 0.3 is 0 Å². The summed E-state index contributed by atoms with van der Waals surface area (Å²) in [6, 6.07) is 0.215. The molecule has 0 aliphatic carbocycles. The molecule has 0 fully saturated rings. The van der Waals surface area contributed by atoms with Gasteiger partial charge in [0.25, 0.3) is 0 Å². The molecule has 0 amide bonds. The number of nitrogen functional groups attached to an aromatic ring is 1. The molecule has 5 nitrogen and oxygen atoms in total. The molecular formula is C9H18N4O. The number of anilines is 2. The summed E-state index contributed by atoms with van der Waals surface area (Å²) >= 11 is 0. The summed E-state index contributed by atoms with van der Waals surface area (Å²) in [6.07, 6.45) is -0.633. The van der Waals surface area contributed by atoms with E-state index in [0.717, 1.165) is 5.69 Å². The Morgan fingerprint density at radius 2 is 2.00 bits per heavy atom. The van der Waals surface area contributed by atoms with Gasteiger partial charge in [0.15, 0.2) is 0 Å². The van der Waals surface area contributed by atoms with Gasteiger partial charge in [-0.2, -0.15) is 5.10 Å². The third-order valence-electron chi connectivity index (χ3n) is 1.97. The molecule has 1 aromatic rings. The lowest BCUT2D eigenvalue weighted by molar-refractivity contribution is 0.223. The second-order valence-electron chi connectivity index (χ2n) is 3.71. The predicted octanol–water partition coefficient (Wildman–Crippen LogP) is 1.10. The smallest absolute Gasteiger partial charge is 0.150 e. The summed E-state index contributed by atoms with van der Waals surface area (Å²) in [5.74, 6) is 0.688. The summed E-state index contributed by atoms with van der Waals surface area (Å²) in [5, 5.41) is 16.4. The van der Waals surface area contributed by atoms with E-state index in [0.29, 0.717) is 11.5 Å². The highest BCUT2D eigenvalue weighted by atomic mass is 16.3. The van der Waals surface area contributed by atoms with Crippen molar-refractivity contribution in [3.63, 3.8) is 0 Å². The van der Waals surface area contributed by atoms with E-state index in [1.807, 2.05) is 20.8 Å². The van der Waals surface area contributed by atoms with Crippen LogP contribution >= 0.6 is 0 Å². The Hall–Kier alpha value is -1.23. The maximum absolute atomic E-state index is 9.24. The minimum Gasteiger partial charge on any atom is -0.394 e. The Labute approximate surface area is 83.9 Å². The van der Waals surface area contributed by atoms with E-state index in [2.05, 4.69) is 10.4 Å². The lowest BCUT2D eigenvalue weighted by atomic mass is 10.3. The molecule has 80 valence electrons. The molecule has 1 heterocycles. The van der Waals surface area contributed by atoms with E-state index in [4.69, 9.17) is 5.73 Å².